The number of ether oxygens (including phenoxy) is 5. The SMILES string of the molecule is CCCOCCOCCNc1cc(COc2cc3c(cc2C)C(=O)N2c4ccccc4C[C@H]2CN3)cc(COc2cc3c(cc2OC)C(=O)N2c4ccccc4C[C@H]2CC3)c1. The second-order valence-electron chi connectivity index (χ2n) is 16.3. The van der Waals surface area contributed by atoms with Gasteiger partial charge in [-0.2, -0.15) is 0 Å². The van der Waals surface area contributed by atoms with Crippen LogP contribution in [0, 0.1) is 6.92 Å². The normalized spacial score (nSPS) is 17.2. The number of fused-ring (bicyclic) bond motifs is 8. The number of carbonyl (C=O) groups excluding carboxylic acids is 2. The Bertz CT molecular complexity index is 2430. The van der Waals surface area contributed by atoms with Gasteiger partial charge in [0.25, 0.3) is 11.8 Å². The quantitative estimate of drug-likeness (QED) is 0.0947. The van der Waals surface area contributed by atoms with E-state index in [1.165, 1.54) is 11.1 Å². The molecule has 5 aromatic rings. The number of methoxy groups -OCH3 is 1. The number of anilines is 4. The number of nitrogens with zero attached hydrogens (tertiary/aromatic N) is 2. The third-order valence-electron chi connectivity index (χ3n) is 12.2. The molecular formula is C50H54N4O7. The van der Waals surface area contributed by atoms with E-state index in [1.807, 2.05) is 77.4 Å². The maximum atomic E-state index is 14.0. The Labute approximate surface area is 357 Å². The van der Waals surface area contributed by atoms with Gasteiger partial charge in [-0.05, 0) is 121 Å². The van der Waals surface area contributed by atoms with Crippen LogP contribution in [0.1, 0.15) is 73.9 Å². The lowest BCUT2D eigenvalue weighted by atomic mass is 9.99. The number of nitrogens with one attached hydrogen (secondary N) is 2. The number of hydrogen-bond acceptors (Lipinski definition) is 9. The van der Waals surface area contributed by atoms with Gasteiger partial charge in [-0.3, -0.25) is 9.59 Å². The van der Waals surface area contributed by atoms with E-state index in [4.69, 9.17) is 23.7 Å². The fourth-order valence-electron chi connectivity index (χ4n) is 9.21. The first-order chi connectivity index (χ1) is 29.9. The van der Waals surface area contributed by atoms with Crippen molar-refractivity contribution in [3.8, 4) is 17.2 Å². The Morgan fingerprint density at radius 3 is 2.07 bits per heavy atom. The van der Waals surface area contributed by atoms with Crippen LogP contribution in [0.5, 0.6) is 17.2 Å². The Hall–Kier alpha value is -6.04. The molecule has 0 unspecified atom stereocenters. The van der Waals surface area contributed by atoms with E-state index in [0.717, 1.165) is 83.7 Å². The minimum absolute atomic E-state index is 0.00592. The summed E-state index contributed by atoms with van der Waals surface area (Å²) in [4.78, 5) is 31.9. The van der Waals surface area contributed by atoms with Crippen molar-refractivity contribution in [2.24, 2.45) is 0 Å². The maximum Gasteiger partial charge on any atom is 0.260 e. The summed E-state index contributed by atoms with van der Waals surface area (Å²) >= 11 is 0. The third-order valence-corrected chi connectivity index (χ3v) is 12.2. The fraction of sp³-hybridized carbons (Fsp3) is 0.360. The number of para-hydroxylation sites is 2. The molecule has 0 bridgehead atoms. The van der Waals surface area contributed by atoms with E-state index in [2.05, 4.69) is 47.9 Å². The molecular weight excluding hydrogens is 769 g/mol. The van der Waals surface area contributed by atoms with Gasteiger partial charge in [0.2, 0.25) is 0 Å². The molecule has 0 saturated heterocycles. The molecule has 0 aliphatic carbocycles. The second-order valence-corrected chi connectivity index (χ2v) is 16.3. The van der Waals surface area contributed by atoms with E-state index in [-0.39, 0.29) is 30.5 Å². The van der Waals surface area contributed by atoms with Crippen LogP contribution in [0.15, 0.2) is 91.0 Å². The van der Waals surface area contributed by atoms with E-state index in [1.54, 1.807) is 7.11 Å². The third kappa shape index (κ3) is 8.37. The summed E-state index contributed by atoms with van der Waals surface area (Å²) in [5.74, 6) is 1.84. The monoisotopic (exact) mass is 822 g/mol. The zero-order chi connectivity index (χ0) is 41.9. The number of aryl methyl sites for hydroxylation is 2. The highest BCUT2D eigenvalue weighted by Crippen LogP contribution is 2.42. The molecule has 4 aliphatic heterocycles. The Kier molecular flexibility index (Phi) is 11.8. The number of rotatable bonds is 16. The summed E-state index contributed by atoms with van der Waals surface area (Å²) in [7, 11) is 1.61. The van der Waals surface area contributed by atoms with Crippen molar-refractivity contribution in [2.75, 3.05) is 67.1 Å². The lowest BCUT2D eigenvalue weighted by molar-refractivity contribution is 0.0519. The molecule has 0 fully saturated rings. The van der Waals surface area contributed by atoms with Crippen molar-refractivity contribution in [1.82, 2.24) is 0 Å². The topological polar surface area (TPSA) is 111 Å². The van der Waals surface area contributed by atoms with Crippen LogP contribution in [0.2, 0.25) is 0 Å². The molecule has 2 N–H and O–H groups in total. The smallest absolute Gasteiger partial charge is 0.260 e. The van der Waals surface area contributed by atoms with Gasteiger partial charge in [-0.15, -0.1) is 0 Å². The van der Waals surface area contributed by atoms with Crippen molar-refractivity contribution in [2.45, 2.75) is 71.2 Å². The average Bonchev–Trinajstić information content (AvgIpc) is 3.77. The van der Waals surface area contributed by atoms with Crippen LogP contribution >= 0.6 is 0 Å². The first-order valence-corrected chi connectivity index (χ1v) is 21.6. The molecule has 2 amide bonds. The second kappa shape index (κ2) is 17.9. The molecule has 316 valence electrons. The first kappa shape index (κ1) is 40.4. The molecule has 61 heavy (non-hydrogen) atoms. The zero-order valence-corrected chi connectivity index (χ0v) is 35.3. The Morgan fingerprint density at radius 2 is 1.34 bits per heavy atom. The molecule has 2 atom stereocenters. The Balaban J connectivity index is 0.921. The molecule has 0 saturated carbocycles. The van der Waals surface area contributed by atoms with Crippen molar-refractivity contribution in [3.63, 3.8) is 0 Å². The highest BCUT2D eigenvalue weighted by molar-refractivity contribution is 6.12. The van der Waals surface area contributed by atoms with E-state index < -0.39 is 0 Å². The van der Waals surface area contributed by atoms with E-state index >= 15 is 0 Å². The summed E-state index contributed by atoms with van der Waals surface area (Å²) < 4.78 is 30.2. The van der Waals surface area contributed by atoms with Gasteiger partial charge < -0.3 is 44.1 Å². The van der Waals surface area contributed by atoms with Gasteiger partial charge in [0, 0.05) is 54.4 Å². The van der Waals surface area contributed by atoms with Gasteiger partial charge >= 0.3 is 0 Å². The van der Waals surface area contributed by atoms with Crippen LogP contribution in [0.4, 0.5) is 22.7 Å². The summed E-state index contributed by atoms with van der Waals surface area (Å²) in [6.07, 6.45) is 4.31. The summed E-state index contributed by atoms with van der Waals surface area (Å²) in [5.41, 5.74) is 11.2. The Morgan fingerprint density at radius 1 is 0.689 bits per heavy atom. The fourth-order valence-corrected chi connectivity index (χ4v) is 9.21. The standard InChI is InChI=1S/C50H54N4O7/c1-4-16-58-18-19-59-17-15-51-38-22-33(30-60-46-28-43-42(20-32(46)2)50(56)54-40(29-52-43)25-37-10-6-8-12-45(37)54)21-34(23-38)31-61-48-26-35-13-14-39-24-36-9-5-7-11-44(36)53(39)49(55)41(35)27-47(48)57-3/h5-12,20-23,26-28,39-40,51-52H,4,13-19,24-25,29-31H2,1-3H3/t39-,40+/m1/s1. The number of benzene rings is 5. The molecule has 0 spiro atoms. The zero-order valence-electron chi connectivity index (χ0n) is 35.3. The highest BCUT2D eigenvalue weighted by Gasteiger charge is 2.39. The van der Waals surface area contributed by atoms with E-state index in [0.29, 0.717) is 67.9 Å². The number of carbonyl (C=O) groups is 2. The maximum absolute atomic E-state index is 14.0. The van der Waals surface area contributed by atoms with Crippen LogP contribution in [-0.4, -0.2) is 70.5 Å². The van der Waals surface area contributed by atoms with Crippen LogP contribution in [0.25, 0.3) is 0 Å². The number of hydrogen-bond donors (Lipinski definition) is 2. The molecule has 4 aliphatic rings. The summed E-state index contributed by atoms with van der Waals surface area (Å²) in [6, 6.07) is 30.5. The van der Waals surface area contributed by atoms with Crippen molar-refractivity contribution in [3.05, 3.63) is 136 Å². The highest BCUT2D eigenvalue weighted by atomic mass is 16.5. The van der Waals surface area contributed by atoms with Crippen molar-refractivity contribution in [1.29, 1.82) is 0 Å². The minimum Gasteiger partial charge on any atom is -0.493 e. The lowest BCUT2D eigenvalue weighted by Crippen LogP contribution is -2.39. The molecule has 5 aromatic carbocycles. The van der Waals surface area contributed by atoms with Crippen LogP contribution in [-0.2, 0) is 41.9 Å². The average molecular weight is 823 g/mol. The van der Waals surface area contributed by atoms with Gasteiger partial charge in [0.05, 0.1) is 44.2 Å². The largest absolute Gasteiger partial charge is 0.493 e. The molecule has 9 rings (SSSR count). The molecule has 11 nitrogen and oxygen atoms in total. The van der Waals surface area contributed by atoms with Gasteiger partial charge in [0.1, 0.15) is 19.0 Å². The molecule has 4 heterocycles. The van der Waals surface area contributed by atoms with Gasteiger partial charge in [-0.25, -0.2) is 0 Å². The van der Waals surface area contributed by atoms with Crippen molar-refractivity contribution < 1.29 is 33.3 Å². The summed E-state index contributed by atoms with van der Waals surface area (Å²) in [5, 5.41) is 7.07. The van der Waals surface area contributed by atoms with Crippen LogP contribution in [0.3, 0.4) is 0 Å². The molecule has 11 heteroatoms. The predicted molar refractivity (Wildman–Crippen MR) is 238 cm³/mol. The van der Waals surface area contributed by atoms with Gasteiger partial charge in [0.15, 0.2) is 11.5 Å². The first-order valence-electron chi connectivity index (χ1n) is 21.6. The van der Waals surface area contributed by atoms with Crippen LogP contribution < -0.4 is 34.6 Å². The van der Waals surface area contributed by atoms with Crippen molar-refractivity contribution >= 4 is 34.6 Å². The lowest BCUT2D eigenvalue weighted by Gasteiger charge is -2.23. The predicted octanol–water partition coefficient (Wildman–Crippen LogP) is 8.53. The van der Waals surface area contributed by atoms with Gasteiger partial charge in [-0.1, -0.05) is 43.3 Å². The van der Waals surface area contributed by atoms with E-state index in [9.17, 15) is 9.59 Å². The summed E-state index contributed by atoms with van der Waals surface area (Å²) in [6.45, 7) is 8.29. The molecule has 0 aromatic heterocycles. The molecule has 0 radical (unpaired) electrons. The number of amides is 2. The minimum atomic E-state index is 0.00592.